The summed E-state index contributed by atoms with van der Waals surface area (Å²) in [6, 6.07) is 3.12. The number of methoxy groups -OCH3 is 2. The van der Waals surface area contributed by atoms with Crippen LogP contribution in [0.3, 0.4) is 0 Å². The topological polar surface area (TPSA) is 79.4 Å². The smallest absolute Gasteiger partial charge is 0.256 e. The summed E-state index contributed by atoms with van der Waals surface area (Å²) in [5.74, 6) is 0.562. The number of carbonyl (C=O) groups is 1. The van der Waals surface area contributed by atoms with E-state index >= 15 is 0 Å². The number of piperazine rings is 1. The van der Waals surface area contributed by atoms with E-state index in [1.54, 1.807) is 24.0 Å². The minimum Gasteiger partial charge on any atom is -0.493 e. The quantitative estimate of drug-likeness (QED) is 0.687. The molecule has 1 heterocycles. The van der Waals surface area contributed by atoms with Crippen LogP contribution in [0.1, 0.15) is 24.2 Å². The average molecular weight is 400 g/mol. The van der Waals surface area contributed by atoms with Crippen molar-refractivity contribution in [2.75, 3.05) is 64.0 Å². The van der Waals surface area contributed by atoms with E-state index in [4.69, 9.17) is 9.47 Å². The summed E-state index contributed by atoms with van der Waals surface area (Å²) in [5, 5.41) is 0. The van der Waals surface area contributed by atoms with Crippen LogP contribution in [0.5, 0.6) is 11.5 Å². The first-order chi connectivity index (χ1) is 12.8. The number of benzene rings is 1. The summed E-state index contributed by atoms with van der Waals surface area (Å²) >= 11 is 0. The molecule has 1 aliphatic rings. The third kappa shape index (κ3) is 4.65. The molecule has 0 aliphatic carbocycles. The van der Waals surface area contributed by atoms with E-state index in [2.05, 4.69) is 11.8 Å². The number of likely N-dealkylation sites (N-methyl/N-ethyl adjacent to an activating group) is 1. The minimum absolute atomic E-state index is 0.205. The molecule has 0 N–H and O–H groups in total. The molecule has 8 nitrogen and oxygen atoms in total. The van der Waals surface area contributed by atoms with Crippen LogP contribution in [-0.2, 0) is 10.0 Å². The fraction of sp³-hybridized carbons (Fsp3) is 0.611. The molecule has 1 aliphatic heterocycles. The molecule has 1 aromatic carbocycles. The maximum Gasteiger partial charge on any atom is 0.256 e. The second-order valence-corrected chi connectivity index (χ2v) is 8.29. The van der Waals surface area contributed by atoms with E-state index in [0.29, 0.717) is 35.8 Å². The molecule has 152 valence electrons. The van der Waals surface area contributed by atoms with Crippen molar-refractivity contribution in [3.63, 3.8) is 0 Å². The van der Waals surface area contributed by atoms with Crippen LogP contribution in [0.15, 0.2) is 12.1 Å². The number of anilines is 1. The van der Waals surface area contributed by atoms with Gasteiger partial charge >= 0.3 is 0 Å². The van der Waals surface area contributed by atoms with Gasteiger partial charge in [0.05, 0.1) is 31.7 Å². The molecule has 0 bridgehead atoms. The first-order valence-electron chi connectivity index (χ1n) is 9.02. The van der Waals surface area contributed by atoms with Crippen molar-refractivity contribution in [1.29, 1.82) is 0 Å². The van der Waals surface area contributed by atoms with Crippen molar-refractivity contribution in [3.05, 3.63) is 17.7 Å². The molecule has 0 unspecified atom stereocenters. The van der Waals surface area contributed by atoms with Crippen molar-refractivity contribution in [2.24, 2.45) is 0 Å². The van der Waals surface area contributed by atoms with Gasteiger partial charge in [-0.3, -0.25) is 9.10 Å². The Morgan fingerprint density at radius 2 is 1.63 bits per heavy atom. The van der Waals surface area contributed by atoms with Gasteiger partial charge in [0.1, 0.15) is 0 Å². The molecule has 0 aromatic heterocycles. The number of ether oxygens (including phenoxy) is 2. The number of nitrogens with zero attached hydrogens (tertiary/aromatic N) is 3. The molecule has 1 fully saturated rings. The van der Waals surface area contributed by atoms with Gasteiger partial charge in [0.15, 0.2) is 11.5 Å². The van der Waals surface area contributed by atoms with Crippen molar-refractivity contribution in [1.82, 2.24) is 9.80 Å². The molecule has 9 heteroatoms. The first-order valence-corrected chi connectivity index (χ1v) is 10.9. The van der Waals surface area contributed by atoms with Gasteiger partial charge in [-0.1, -0.05) is 6.92 Å². The van der Waals surface area contributed by atoms with Crippen LogP contribution in [0.2, 0.25) is 0 Å². The van der Waals surface area contributed by atoms with Crippen molar-refractivity contribution in [2.45, 2.75) is 13.8 Å². The number of hydrogen-bond donors (Lipinski definition) is 0. The van der Waals surface area contributed by atoms with E-state index < -0.39 is 10.0 Å². The molecule has 1 aromatic rings. The highest BCUT2D eigenvalue weighted by molar-refractivity contribution is 7.92. The Morgan fingerprint density at radius 3 is 2.07 bits per heavy atom. The van der Waals surface area contributed by atoms with Crippen molar-refractivity contribution < 1.29 is 22.7 Å². The fourth-order valence-corrected chi connectivity index (χ4v) is 4.24. The van der Waals surface area contributed by atoms with E-state index in [1.807, 2.05) is 0 Å². The third-order valence-corrected chi connectivity index (χ3v) is 6.05. The lowest BCUT2D eigenvalue weighted by Crippen LogP contribution is -2.48. The zero-order chi connectivity index (χ0) is 20.2. The molecule has 0 saturated carbocycles. The van der Waals surface area contributed by atoms with Gasteiger partial charge in [0.25, 0.3) is 5.91 Å². The maximum atomic E-state index is 13.2. The highest BCUT2D eigenvalue weighted by Crippen LogP contribution is 2.36. The Kier molecular flexibility index (Phi) is 6.94. The first kappa shape index (κ1) is 21.3. The number of amides is 1. The molecule has 0 radical (unpaired) electrons. The molecule has 0 atom stereocenters. The number of rotatable bonds is 7. The monoisotopic (exact) mass is 399 g/mol. The zero-order valence-corrected chi connectivity index (χ0v) is 17.5. The van der Waals surface area contributed by atoms with E-state index in [-0.39, 0.29) is 12.5 Å². The standard InChI is InChI=1S/C18H29N3O5S/c1-6-19-8-10-20(11-9-19)18(22)14-12-16(25-3)17(26-4)13-15(14)21(7-2)27(5,23)24/h12-13H,6-11H2,1-5H3. The number of carbonyl (C=O) groups excluding carboxylic acids is 1. The van der Waals surface area contributed by atoms with Gasteiger partial charge in [0, 0.05) is 38.8 Å². The largest absolute Gasteiger partial charge is 0.493 e. The Hall–Kier alpha value is -2.00. The lowest BCUT2D eigenvalue weighted by atomic mass is 10.1. The average Bonchev–Trinajstić information content (AvgIpc) is 2.66. The van der Waals surface area contributed by atoms with Crippen LogP contribution in [0.4, 0.5) is 5.69 Å². The highest BCUT2D eigenvalue weighted by atomic mass is 32.2. The molecule has 2 rings (SSSR count). The Labute approximate surface area is 161 Å². The van der Waals surface area contributed by atoms with E-state index in [1.165, 1.54) is 18.5 Å². The van der Waals surface area contributed by atoms with Gasteiger partial charge in [0.2, 0.25) is 10.0 Å². The second-order valence-electron chi connectivity index (χ2n) is 6.38. The van der Waals surface area contributed by atoms with Gasteiger partial charge in [-0.15, -0.1) is 0 Å². The van der Waals surface area contributed by atoms with Gasteiger partial charge in [-0.2, -0.15) is 0 Å². The summed E-state index contributed by atoms with van der Waals surface area (Å²) in [5.41, 5.74) is 0.602. The lowest BCUT2D eigenvalue weighted by molar-refractivity contribution is 0.0644. The normalized spacial score (nSPS) is 15.5. The van der Waals surface area contributed by atoms with Crippen LogP contribution < -0.4 is 13.8 Å². The second kappa shape index (κ2) is 8.79. The maximum absolute atomic E-state index is 13.2. The zero-order valence-electron chi connectivity index (χ0n) is 16.7. The fourth-order valence-electron chi connectivity index (χ4n) is 3.27. The number of hydrogen-bond acceptors (Lipinski definition) is 6. The SMILES string of the molecule is CCN1CCN(C(=O)c2cc(OC)c(OC)cc2N(CC)S(C)(=O)=O)CC1. The molecule has 0 spiro atoms. The Morgan fingerprint density at radius 1 is 1.07 bits per heavy atom. The van der Waals surface area contributed by atoms with Gasteiger partial charge in [-0.25, -0.2) is 8.42 Å². The Balaban J connectivity index is 2.51. The van der Waals surface area contributed by atoms with Crippen LogP contribution >= 0.6 is 0 Å². The van der Waals surface area contributed by atoms with Crippen LogP contribution in [-0.4, -0.2) is 83.9 Å². The third-order valence-electron chi connectivity index (χ3n) is 4.80. The molecule has 27 heavy (non-hydrogen) atoms. The minimum atomic E-state index is -3.55. The van der Waals surface area contributed by atoms with E-state index in [0.717, 1.165) is 25.9 Å². The molecule has 1 amide bonds. The van der Waals surface area contributed by atoms with E-state index in [9.17, 15) is 13.2 Å². The van der Waals surface area contributed by atoms with Gasteiger partial charge < -0.3 is 19.3 Å². The summed E-state index contributed by atoms with van der Waals surface area (Å²) < 4.78 is 36.4. The molecular weight excluding hydrogens is 370 g/mol. The summed E-state index contributed by atoms with van der Waals surface area (Å²) in [7, 11) is -0.592. The lowest BCUT2D eigenvalue weighted by Gasteiger charge is -2.35. The van der Waals surface area contributed by atoms with Crippen molar-refractivity contribution >= 4 is 21.6 Å². The summed E-state index contributed by atoms with van der Waals surface area (Å²) in [6.07, 6.45) is 1.13. The van der Waals surface area contributed by atoms with Crippen LogP contribution in [0.25, 0.3) is 0 Å². The highest BCUT2D eigenvalue weighted by Gasteiger charge is 2.29. The predicted octanol–water partition coefficient (Wildman–Crippen LogP) is 1.27. The van der Waals surface area contributed by atoms with Gasteiger partial charge in [-0.05, 0) is 19.5 Å². The number of sulfonamides is 1. The molecule has 1 saturated heterocycles. The predicted molar refractivity (Wildman–Crippen MR) is 105 cm³/mol. The van der Waals surface area contributed by atoms with Crippen molar-refractivity contribution in [3.8, 4) is 11.5 Å². The molecular formula is C18H29N3O5S. The van der Waals surface area contributed by atoms with Crippen LogP contribution in [0, 0.1) is 0 Å². The Bertz CT molecular complexity index is 773. The summed E-state index contributed by atoms with van der Waals surface area (Å²) in [6.45, 7) is 7.78. The summed E-state index contributed by atoms with van der Waals surface area (Å²) in [4.78, 5) is 17.2.